The molecule has 0 spiro atoms. The minimum Gasteiger partial charge on any atom is -0.496 e. The van der Waals surface area contributed by atoms with Gasteiger partial charge in [0, 0.05) is 17.7 Å². The van der Waals surface area contributed by atoms with E-state index >= 15 is 0 Å². The molecule has 0 aromatic heterocycles. The standard InChI is InChI=1S/C19H23ClF3O3PSi/c1-24-12-26-18-16(27(20)15-9-7-6-8-14(15)25-2)10-13(19(21,22)23)11-17(18)28(3,4)5/h6-11H,12H2,1-5H3. The summed E-state index contributed by atoms with van der Waals surface area (Å²) in [7, 11) is -0.910. The lowest BCUT2D eigenvalue weighted by Gasteiger charge is -2.27. The molecule has 2 aromatic carbocycles. The van der Waals surface area contributed by atoms with Crippen LogP contribution in [0.5, 0.6) is 11.5 Å². The molecule has 9 heteroatoms. The summed E-state index contributed by atoms with van der Waals surface area (Å²) < 4.78 is 57.0. The van der Waals surface area contributed by atoms with Gasteiger partial charge in [0.05, 0.1) is 28.0 Å². The van der Waals surface area contributed by atoms with Crippen LogP contribution in [0.4, 0.5) is 13.2 Å². The van der Waals surface area contributed by atoms with E-state index in [-0.39, 0.29) is 6.79 Å². The Morgan fingerprint density at radius 1 is 1.04 bits per heavy atom. The average Bonchev–Trinajstić information content (AvgIpc) is 2.63. The number of alkyl halides is 3. The smallest absolute Gasteiger partial charge is 0.416 e. The largest absolute Gasteiger partial charge is 0.496 e. The minimum atomic E-state index is -4.49. The Kier molecular flexibility index (Phi) is 7.42. The molecular formula is C19H23ClF3O3PSi. The van der Waals surface area contributed by atoms with Crippen molar-refractivity contribution in [2.75, 3.05) is 21.0 Å². The van der Waals surface area contributed by atoms with Gasteiger partial charge in [-0.15, -0.1) is 0 Å². The Morgan fingerprint density at radius 2 is 1.68 bits per heavy atom. The third-order valence-electron chi connectivity index (χ3n) is 4.03. The van der Waals surface area contributed by atoms with Crippen molar-refractivity contribution in [2.24, 2.45) is 0 Å². The summed E-state index contributed by atoms with van der Waals surface area (Å²) in [6, 6.07) is 9.31. The maximum atomic E-state index is 13.6. The van der Waals surface area contributed by atoms with E-state index in [4.69, 9.17) is 25.5 Å². The van der Waals surface area contributed by atoms with E-state index in [0.717, 1.165) is 6.07 Å². The van der Waals surface area contributed by atoms with Gasteiger partial charge in [0.25, 0.3) is 0 Å². The predicted molar refractivity (Wildman–Crippen MR) is 112 cm³/mol. The SMILES string of the molecule is COCOc1c(P(Cl)c2ccccc2OC)cc(C(F)(F)F)cc1[Si](C)(C)C. The summed E-state index contributed by atoms with van der Waals surface area (Å²) >= 11 is 6.76. The van der Waals surface area contributed by atoms with Crippen molar-refractivity contribution in [1.82, 2.24) is 0 Å². The van der Waals surface area contributed by atoms with Crippen molar-refractivity contribution >= 4 is 42.4 Å². The Labute approximate surface area is 170 Å². The summed E-state index contributed by atoms with van der Waals surface area (Å²) in [5.41, 5.74) is -0.729. The summed E-state index contributed by atoms with van der Waals surface area (Å²) in [4.78, 5) is 0. The topological polar surface area (TPSA) is 27.7 Å². The van der Waals surface area contributed by atoms with E-state index < -0.39 is 27.1 Å². The molecule has 0 aliphatic rings. The molecule has 0 bridgehead atoms. The lowest BCUT2D eigenvalue weighted by molar-refractivity contribution is -0.137. The fraction of sp³-hybridized carbons (Fsp3) is 0.368. The van der Waals surface area contributed by atoms with E-state index in [1.165, 1.54) is 20.3 Å². The summed E-state index contributed by atoms with van der Waals surface area (Å²) in [5.74, 6) is 0.898. The number of methoxy groups -OCH3 is 2. The van der Waals surface area contributed by atoms with Crippen LogP contribution in [-0.4, -0.2) is 29.1 Å². The van der Waals surface area contributed by atoms with Crippen LogP contribution in [0.3, 0.4) is 0 Å². The highest BCUT2D eigenvalue weighted by atomic mass is 35.7. The van der Waals surface area contributed by atoms with Crippen molar-refractivity contribution in [3.63, 3.8) is 0 Å². The number of ether oxygens (including phenoxy) is 3. The Bertz CT molecular complexity index is 825. The first-order chi connectivity index (χ1) is 13.0. The van der Waals surface area contributed by atoms with Gasteiger partial charge in [-0.3, -0.25) is 0 Å². The number of halogens is 4. The van der Waals surface area contributed by atoms with E-state index in [1.807, 2.05) is 19.6 Å². The second kappa shape index (κ2) is 9.03. The first-order valence-electron chi connectivity index (χ1n) is 8.47. The molecule has 1 unspecified atom stereocenters. The maximum absolute atomic E-state index is 13.6. The molecule has 28 heavy (non-hydrogen) atoms. The zero-order valence-corrected chi connectivity index (χ0v) is 19.0. The quantitative estimate of drug-likeness (QED) is 0.343. The Balaban J connectivity index is 2.78. The molecule has 0 saturated carbocycles. The summed E-state index contributed by atoms with van der Waals surface area (Å²) in [6.07, 6.45) is -4.49. The van der Waals surface area contributed by atoms with Crippen LogP contribution in [0, 0.1) is 0 Å². The third-order valence-corrected chi connectivity index (χ3v) is 8.66. The molecule has 0 amide bonds. The molecule has 0 radical (unpaired) electrons. The van der Waals surface area contributed by atoms with Crippen LogP contribution in [0.15, 0.2) is 36.4 Å². The summed E-state index contributed by atoms with van der Waals surface area (Å²) in [5, 5.41) is 1.49. The highest BCUT2D eigenvalue weighted by Gasteiger charge is 2.36. The second-order valence-corrected chi connectivity index (χ2v) is 14.7. The van der Waals surface area contributed by atoms with Crippen LogP contribution < -0.4 is 25.3 Å². The van der Waals surface area contributed by atoms with Crippen LogP contribution >= 0.6 is 18.5 Å². The van der Waals surface area contributed by atoms with Crippen molar-refractivity contribution in [2.45, 2.75) is 25.8 Å². The molecular weight excluding hydrogens is 428 g/mol. The van der Waals surface area contributed by atoms with Gasteiger partial charge in [-0.05, 0) is 29.5 Å². The number of hydrogen-bond donors (Lipinski definition) is 0. The van der Waals surface area contributed by atoms with Gasteiger partial charge in [-0.2, -0.15) is 13.2 Å². The Morgan fingerprint density at radius 3 is 2.21 bits per heavy atom. The Hall–Kier alpha value is -1.27. The highest BCUT2D eigenvalue weighted by Crippen LogP contribution is 2.46. The van der Waals surface area contributed by atoms with Crippen LogP contribution in [0.1, 0.15) is 5.56 Å². The molecule has 3 nitrogen and oxygen atoms in total. The molecule has 0 saturated heterocycles. The van der Waals surface area contributed by atoms with E-state index in [9.17, 15) is 13.2 Å². The minimum absolute atomic E-state index is 0.0815. The zero-order valence-electron chi connectivity index (χ0n) is 16.4. The molecule has 1 atom stereocenters. The normalized spacial score (nSPS) is 13.3. The fourth-order valence-corrected chi connectivity index (χ4v) is 6.50. The molecule has 0 heterocycles. The van der Waals surface area contributed by atoms with Crippen LogP contribution in [0.25, 0.3) is 0 Å². The first kappa shape index (κ1) is 23.0. The molecule has 154 valence electrons. The van der Waals surface area contributed by atoms with E-state index in [1.54, 1.807) is 24.3 Å². The number of hydrogen-bond acceptors (Lipinski definition) is 3. The monoisotopic (exact) mass is 450 g/mol. The molecule has 0 aliphatic carbocycles. The van der Waals surface area contributed by atoms with Gasteiger partial charge in [0.2, 0.25) is 0 Å². The van der Waals surface area contributed by atoms with Gasteiger partial charge in [0.1, 0.15) is 11.5 Å². The summed E-state index contributed by atoms with van der Waals surface area (Å²) in [6.45, 7) is 5.81. The highest BCUT2D eigenvalue weighted by molar-refractivity contribution is 7.96. The van der Waals surface area contributed by atoms with Gasteiger partial charge in [-0.25, -0.2) is 0 Å². The first-order valence-corrected chi connectivity index (χ1v) is 14.2. The van der Waals surface area contributed by atoms with Gasteiger partial charge in [0.15, 0.2) is 6.79 Å². The van der Waals surface area contributed by atoms with Crippen molar-refractivity contribution in [1.29, 1.82) is 0 Å². The average molecular weight is 451 g/mol. The van der Waals surface area contributed by atoms with Crippen LogP contribution in [0.2, 0.25) is 19.6 Å². The number of benzene rings is 2. The maximum Gasteiger partial charge on any atom is 0.416 e. The third kappa shape index (κ3) is 5.20. The van der Waals surface area contributed by atoms with Gasteiger partial charge in [-0.1, -0.05) is 43.0 Å². The fourth-order valence-electron chi connectivity index (χ4n) is 2.67. The van der Waals surface area contributed by atoms with Crippen LogP contribution in [-0.2, 0) is 10.9 Å². The molecule has 0 fully saturated rings. The predicted octanol–water partition coefficient (Wildman–Crippen LogP) is 4.83. The van der Waals surface area contributed by atoms with E-state index in [0.29, 0.717) is 27.3 Å². The van der Waals surface area contributed by atoms with Crippen molar-refractivity contribution in [3.05, 3.63) is 42.0 Å². The number of rotatable bonds is 7. The zero-order chi connectivity index (χ0) is 21.1. The van der Waals surface area contributed by atoms with Gasteiger partial charge < -0.3 is 14.2 Å². The lowest BCUT2D eigenvalue weighted by atomic mass is 10.2. The number of para-hydroxylation sites is 1. The molecule has 2 aromatic rings. The lowest BCUT2D eigenvalue weighted by Crippen LogP contribution is -2.42. The van der Waals surface area contributed by atoms with E-state index in [2.05, 4.69) is 0 Å². The van der Waals surface area contributed by atoms with Gasteiger partial charge >= 0.3 is 6.18 Å². The second-order valence-electron chi connectivity index (χ2n) is 7.12. The van der Waals surface area contributed by atoms with Crippen molar-refractivity contribution < 1.29 is 27.4 Å². The van der Waals surface area contributed by atoms with Crippen molar-refractivity contribution in [3.8, 4) is 11.5 Å². The molecule has 0 aliphatic heterocycles. The molecule has 2 rings (SSSR count). The molecule has 0 N–H and O–H groups in total.